The number of anilines is 2. The summed E-state index contributed by atoms with van der Waals surface area (Å²) in [6.07, 6.45) is 3.19. The lowest BCUT2D eigenvalue weighted by Crippen LogP contribution is -2.27. The molecule has 6 nitrogen and oxygen atoms in total. The highest BCUT2D eigenvalue weighted by atomic mass is 16.5. The van der Waals surface area contributed by atoms with Gasteiger partial charge in [0, 0.05) is 13.1 Å². The molecular formula is C18H22N4O2. The van der Waals surface area contributed by atoms with Crippen LogP contribution in [0.5, 0.6) is 0 Å². The molecule has 0 bridgehead atoms. The molecule has 6 heteroatoms. The Morgan fingerprint density at radius 2 is 1.92 bits per heavy atom. The van der Waals surface area contributed by atoms with Crippen molar-refractivity contribution in [3.63, 3.8) is 0 Å². The number of nitrogens with zero attached hydrogens (tertiary/aromatic N) is 3. The van der Waals surface area contributed by atoms with Gasteiger partial charge in [0.2, 0.25) is 5.91 Å². The minimum Gasteiger partial charge on any atom is -0.378 e. The fourth-order valence-electron chi connectivity index (χ4n) is 3.44. The van der Waals surface area contributed by atoms with Crippen LogP contribution in [-0.2, 0) is 9.53 Å². The summed E-state index contributed by atoms with van der Waals surface area (Å²) >= 11 is 0. The average Bonchev–Trinajstić information content (AvgIpc) is 3.26. The fourth-order valence-corrected chi connectivity index (χ4v) is 3.44. The zero-order valence-corrected chi connectivity index (χ0v) is 13.9. The minimum absolute atomic E-state index is 0.0237. The number of benzene rings is 1. The van der Waals surface area contributed by atoms with E-state index < -0.39 is 0 Å². The molecule has 3 heterocycles. The number of para-hydroxylation sites is 2. The Balaban J connectivity index is 1.66. The maximum atomic E-state index is 12.6. The standard InChI is InChI=1S/C18H22N4O2/c1-12-10-13(11-24-12)18(23)21-16-17(22-8-4-5-9-22)20-15-7-3-2-6-14(15)19-16/h2-3,6-7,12-13H,4-5,8-11H2,1H3,(H,19,21,23)/t12-,13-/m0/s1. The molecule has 0 aliphatic carbocycles. The molecule has 1 aromatic carbocycles. The molecular weight excluding hydrogens is 304 g/mol. The van der Waals surface area contributed by atoms with Gasteiger partial charge in [-0.15, -0.1) is 0 Å². The van der Waals surface area contributed by atoms with Crippen LogP contribution in [0.3, 0.4) is 0 Å². The molecule has 1 N–H and O–H groups in total. The van der Waals surface area contributed by atoms with Crippen molar-refractivity contribution in [1.29, 1.82) is 0 Å². The molecule has 2 saturated heterocycles. The van der Waals surface area contributed by atoms with Gasteiger partial charge >= 0.3 is 0 Å². The van der Waals surface area contributed by atoms with E-state index in [1.54, 1.807) is 0 Å². The van der Waals surface area contributed by atoms with Crippen LogP contribution in [0.4, 0.5) is 11.6 Å². The summed E-state index contributed by atoms with van der Waals surface area (Å²) in [5.41, 5.74) is 1.65. The highest BCUT2D eigenvalue weighted by Crippen LogP contribution is 2.29. The Labute approximate surface area is 141 Å². The van der Waals surface area contributed by atoms with Crippen molar-refractivity contribution in [1.82, 2.24) is 9.97 Å². The molecule has 2 fully saturated rings. The summed E-state index contributed by atoms with van der Waals surface area (Å²) in [5.74, 6) is 1.22. The van der Waals surface area contributed by atoms with E-state index in [1.165, 1.54) is 0 Å². The Morgan fingerprint density at radius 1 is 1.21 bits per heavy atom. The lowest BCUT2D eigenvalue weighted by molar-refractivity contribution is -0.119. The van der Waals surface area contributed by atoms with Gasteiger partial charge in [-0.3, -0.25) is 4.79 Å². The number of aromatic nitrogens is 2. The second-order valence-corrected chi connectivity index (χ2v) is 6.64. The Hall–Kier alpha value is -2.21. The lowest BCUT2D eigenvalue weighted by Gasteiger charge is -2.20. The van der Waals surface area contributed by atoms with Crippen molar-refractivity contribution >= 4 is 28.6 Å². The number of ether oxygens (including phenoxy) is 1. The fraction of sp³-hybridized carbons (Fsp3) is 0.500. The largest absolute Gasteiger partial charge is 0.378 e. The van der Waals surface area contributed by atoms with Crippen LogP contribution < -0.4 is 10.2 Å². The first kappa shape index (κ1) is 15.3. The molecule has 126 valence electrons. The molecule has 1 aromatic heterocycles. The van der Waals surface area contributed by atoms with Crippen LogP contribution in [0.2, 0.25) is 0 Å². The van der Waals surface area contributed by atoms with Gasteiger partial charge in [-0.05, 0) is 38.3 Å². The number of nitrogens with one attached hydrogen (secondary N) is 1. The third kappa shape index (κ3) is 2.94. The molecule has 24 heavy (non-hydrogen) atoms. The normalized spacial score (nSPS) is 23.8. The first-order valence-electron chi connectivity index (χ1n) is 8.65. The van der Waals surface area contributed by atoms with E-state index in [0.717, 1.165) is 49.2 Å². The molecule has 2 aliphatic heterocycles. The smallest absolute Gasteiger partial charge is 0.231 e. The molecule has 2 atom stereocenters. The summed E-state index contributed by atoms with van der Waals surface area (Å²) in [6, 6.07) is 7.78. The zero-order chi connectivity index (χ0) is 16.5. The van der Waals surface area contributed by atoms with Crippen LogP contribution in [0.15, 0.2) is 24.3 Å². The molecule has 1 amide bonds. The monoisotopic (exact) mass is 326 g/mol. The number of hydrogen-bond acceptors (Lipinski definition) is 5. The number of hydrogen-bond donors (Lipinski definition) is 1. The van der Waals surface area contributed by atoms with Crippen molar-refractivity contribution in [3.05, 3.63) is 24.3 Å². The number of amides is 1. The van der Waals surface area contributed by atoms with Gasteiger partial charge in [0.1, 0.15) is 0 Å². The topological polar surface area (TPSA) is 67.4 Å². The van der Waals surface area contributed by atoms with Crippen molar-refractivity contribution in [2.75, 3.05) is 29.9 Å². The first-order chi connectivity index (χ1) is 11.7. The van der Waals surface area contributed by atoms with Gasteiger partial charge in [-0.2, -0.15) is 0 Å². The Bertz CT molecular complexity index is 758. The van der Waals surface area contributed by atoms with Gasteiger partial charge in [0.15, 0.2) is 11.6 Å². The summed E-state index contributed by atoms with van der Waals surface area (Å²) in [5, 5.41) is 3.01. The van der Waals surface area contributed by atoms with Crippen molar-refractivity contribution in [3.8, 4) is 0 Å². The summed E-state index contributed by atoms with van der Waals surface area (Å²) in [7, 11) is 0. The summed E-state index contributed by atoms with van der Waals surface area (Å²) in [4.78, 5) is 24.2. The average molecular weight is 326 g/mol. The third-order valence-corrected chi connectivity index (χ3v) is 4.77. The van der Waals surface area contributed by atoms with Crippen molar-refractivity contribution in [2.45, 2.75) is 32.3 Å². The molecule has 0 radical (unpaired) electrons. The number of carbonyl (C=O) groups is 1. The van der Waals surface area contributed by atoms with E-state index >= 15 is 0 Å². The third-order valence-electron chi connectivity index (χ3n) is 4.77. The predicted molar refractivity (Wildman–Crippen MR) is 93.1 cm³/mol. The van der Waals surface area contributed by atoms with Crippen LogP contribution in [0.25, 0.3) is 11.0 Å². The van der Waals surface area contributed by atoms with Crippen LogP contribution in [0, 0.1) is 5.92 Å². The highest BCUT2D eigenvalue weighted by molar-refractivity contribution is 5.95. The summed E-state index contributed by atoms with van der Waals surface area (Å²) in [6.45, 7) is 4.39. The maximum Gasteiger partial charge on any atom is 0.231 e. The van der Waals surface area contributed by atoms with Gasteiger partial charge in [0.05, 0.1) is 29.7 Å². The lowest BCUT2D eigenvalue weighted by atomic mass is 10.1. The van der Waals surface area contributed by atoms with Crippen LogP contribution >= 0.6 is 0 Å². The Kier molecular flexibility index (Phi) is 4.06. The highest BCUT2D eigenvalue weighted by Gasteiger charge is 2.30. The van der Waals surface area contributed by atoms with E-state index in [4.69, 9.17) is 9.72 Å². The molecule has 0 unspecified atom stereocenters. The van der Waals surface area contributed by atoms with Gasteiger partial charge in [-0.1, -0.05) is 12.1 Å². The maximum absolute atomic E-state index is 12.6. The van der Waals surface area contributed by atoms with Crippen LogP contribution in [0.1, 0.15) is 26.2 Å². The minimum atomic E-state index is -0.111. The van der Waals surface area contributed by atoms with E-state index in [1.807, 2.05) is 31.2 Å². The zero-order valence-electron chi connectivity index (χ0n) is 13.9. The molecule has 0 saturated carbocycles. The van der Waals surface area contributed by atoms with Gasteiger partial charge in [0.25, 0.3) is 0 Å². The molecule has 0 spiro atoms. The van der Waals surface area contributed by atoms with E-state index in [2.05, 4.69) is 15.2 Å². The summed E-state index contributed by atoms with van der Waals surface area (Å²) < 4.78 is 5.52. The SMILES string of the molecule is C[C@H]1C[C@H](C(=O)Nc2nc3ccccc3nc2N2CCCC2)CO1. The Morgan fingerprint density at radius 3 is 2.58 bits per heavy atom. The number of fused-ring (bicyclic) bond motifs is 1. The first-order valence-corrected chi connectivity index (χ1v) is 8.65. The molecule has 2 aromatic rings. The van der Waals surface area contributed by atoms with E-state index in [9.17, 15) is 4.79 Å². The second-order valence-electron chi connectivity index (χ2n) is 6.64. The number of rotatable bonds is 3. The van der Waals surface area contributed by atoms with E-state index in [0.29, 0.717) is 12.4 Å². The van der Waals surface area contributed by atoms with Gasteiger partial charge < -0.3 is 15.0 Å². The molecule has 2 aliphatic rings. The molecule has 4 rings (SSSR count). The quantitative estimate of drug-likeness (QED) is 0.939. The predicted octanol–water partition coefficient (Wildman–Crippen LogP) is 2.59. The van der Waals surface area contributed by atoms with Crippen molar-refractivity contribution < 1.29 is 9.53 Å². The van der Waals surface area contributed by atoms with Gasteiger partial charge in [-0.25, -0.2) is 9.97 Å². The van der Waals surface area contributed by atoms with Crippen LogP contribution in [-0.4, -0.2) is 41.7 Å². The number of carbonyl (C=O) groups excluding carboxylic acids is 1. The second kappa shape index (κ2) is 6.36. The van der Waals surface area contributed by atoms with Crippen molar-refractivity contribution in [2.24, 2.45) is 5.92 Å². The van der Waals surface area contributed by atoms with E-state index in [-0.39, 0.29) is 17.9 Å².